The molecule has 0 aliphatic rings. The Morgan fingerprint density at radius 3 is 2.27 bits per heavy atom. The van der Waals surface area contributed by atoms with Gasteiger partial charge in [-0.2, -0.15) is 14.0 Å². The lowest BCUT2D eigenvalue weighted by atomic mass is 10.1. The molecule has 3 aromatic rings. The minimum absolute atomic E-state index is 0.138. The molecule has 3 rings (SSSR count). The molecule has 0 saturated heterocycles. The molecule has 0 spiro atoms. The molecule has 3 aromatic carbocycles. The largest absolute Gasteiger partial charge is 0.455 e. The SMILES string of the molecule is N#C/C(=C/c1ccccc1OC(F)F)C(=O)Nc1ccccc1Oc1ccccc1. The van der Waals surface area contributed by atoms with Crippen LogP contribution in [0.1, 0.15) is 5.56 Å². The predicted octanol–water partition coefficient (Wildman–Crippen LogP) is 5.63. The van der Waals surface area contributed by atoms with Gasteiger partial charge in [0.05, 0.1) is 5.69 Å². The van der Waals surface area contributed by atoms with Gasteiger partial charge in [-0.15, -0.1) is 0 Å². The molecule has 150 valence electrons. The van der Waals surface area contributed by atoms with Gasteiger partial charge in [-0.05, 0) is 36.4 Å². The molecule has 1 N–H and O–H groups in total. The van der Waals surface area contributed by atoms with Crippen molar-refractivity contribution in [3.63, 3.8) is 0 Å². The van der Waals surface area contributed by atoms with Gasteiger partial charge in [0.1, 0.15) is 23.1 Å². The van der Waals surface area contributed by atoms with Crippen molar-refractivity contribution in [3.05, 3.63) is 90.0 Å². The average Bonchev–Trinajstić information content (AvgIpc) is 2.75. The van der Waals surface area contributed by atoms with Gasteiger partial charge in [-0.3, -0.25) is 4.79 Å². The van der Waals surface area contributed by atoms with E-state index in [1.165, 1.54) is 24.3 Å². The molecule has 0 atom stereocenters. The monoisotopic (exact) mass is 406 g/mol. The maximum atomic E-state index is 12.6. The molecular formula is C23H16F2N2O3. The molecule has 0 aromatic heterocycles. The summed E-state index contributed by atoms with van der Waals surface area (Å²) in [6.07, 6.45) is 1.19. The normalized spacial score (nSPS) is 10.9. The fourth-order valence-electron chi connectivity index (χ4n) is 2.57. The van der Waals surface area contributed by atoms with E-state index in [1.54, 1.807) is 48.5 Å². The van der Waals surface area contributed by atoms with Crippen molar-refractivity contribution in [2.45, 2.75) is 6.61 Å². The first-order chi connectivity index (χ1) is 14.6. The number of nitriles is 1. The van der Waals surface area contributed by atoms with E-state index in [4.69, 9.17) is 4.74 Å². The lowest BCUT2D eigenvalue weighted by Gasteiger charge is -2.12. The third-order valence-corrected chi connectivity index (χ3v) is 3.91. The Bertz CT molecular complexity index is 1090. The molecule has 1 amide bonds. The summed E-state index contributed by atoms with van der Waals surface area (Å²) in [7, 11) is 0. The standard InChI is InChI=1S/C23H16F2N2O3/c24-23(25)30-20-12-6-4-8-16(20)14-17(15-26)22(28)27-19-11-5-7-13-21(19)29-18-9-2-1-3-10-18/h1-14,23H,(H,27,28)/b17-14-. The Morgan fingerprint density at radius 2 is 1.57 bits per heavy atom. The zero-order valence-corrected chi connectivity index (χ0v) is 15.6. The van der Waals surface area contributed by atoms with Crippen LogP contribution >= 0.6 is 0 Å². The van der Waals surface area contributed by atoms with Crippen molar-refractivity contribution < 1.29 is 23.0 Å². The van der Waals surface area contributed by atoms with Gasteiger partial charge in [-0.1, -0.05) is 48.5 Å². The maximum absolute atomic E-state index is 12.6. The molecule has 0 heterocycles. The highest BCUT2D eigenvalue weighted by atomic mass is 19.3. The number of ether oxygens (including phenoxy) is 2. The lowest BCUT2D eigenvalue weighted by molar-refractivity contribution is -0.112. The fraction of sp³-hybridized carbons (Fsp3) is 0.0435. The van der Waals surface area contributed by atoms with Gasteiger partial charge in [0, 0.05) is 5.56 Å². The molecule has 0 radical (unpaired) electrons. The molecule has 5 nitrogen and oxygen atoms in total. The number of para-hydroxylation sites is 4. The van der Waals surface area contributed by atoms with Crippen molar-refractivity contribution in [2.75, 3.05) is 5.32 Å². The van der Waals surface area contributed by atoms with Crippen molar-refractivity contribution in [1.29, 1.82) is 5.26 Å². The van der Waals surface area contributed by atoms with Gasteiger partial charge in [-0.25, -0.2) is 0 Å². The number of benzene rings is 3. The summed E-state index contributed by atoms with van der Waals surface area (Å²) in [6, 6.07) is 23.4. The molecule has 0 saturated carbocycles. The van der Waals surface area contributed by atoms with Crippen LogP contribution in [0.4, 0.5) is 14.5 Å². The minimum atomic E-state index is -3.03. The van der Waals surface area contributed by atoms with E-state index >= 15 is 0 Å². The second-order valence-corrected chi connectivity index (χ2v) is 5.95. The number of nitrogens with zero attached hydrogens (tertiary/aromatic N) is 1. The zero-order chi connectivity index (χ0) is 21.3. The van der Waals surface area contributed by atoms with Gasteiger partial charge in [0.25, 0.3) is 5.91 Å². The first-order valence-electron chi connectivity index (χ1n) is 8.85. The van der Waals surface area contributed by atoms with E-state index in [1.807, 2.05) is 18.2 Å². The highest BCUT2D eigenvalue weighted by Crippen LogP contribution is 2.30. The van der Waals surface area contributed by atoms with Crippen LogP contribution in [-0.4, -0.2) is 12.5 Å². The van der Waals surface area contributed by atoms with Crippen LogP contribution in [0.2, 0.25) is 0 Å². The second kappa shape index (κ2) is 9.85. The van der Waals surface area contributed by atoms with Crippen LogP contribution < -0.4 is 14.8 Å². The van der Waals surface area contributed by atoms with Crippen LogP contribution in [0.25, 0.3) is 6.08 Å². The second-order valence-electron chi connectivity index (χ2n) is 5.95. The van der Waals surface area contributed by atoms with Gasteiger partial charge in [0.2, 0.25) is 0 Å². The average molecular weight is 406 g/mol. The Hall–Kier alpha value is -4.18. The quantitative estimate of drug-likeness (QED) is 0.408. The Morgan fingerprint density at radius 1 is 0.933 bits per heavy atom. The van der Waals surface area contributed by atoms with Crippen LogP contribution in [-0.2, 0) is 4.79 Å². The molecule has 0 aliphatic heterocycles. The van der Waals surface area contributed by atoms with Gasteiger partial charge >= 0.3 is 6.61 Å². The fourth-order valence-corrected chi connectivity index (χ4v) is 2.57. The summed E-state index contributed by atoms with van der Waals surface area (Å²) < 4.78 is 35.4. The number of nitrogens with one attached hydrogen (secondary N) is 1. The molecule has 7 heteroatoms. The number of amides is 1. The first kappa shape index (κ1) is 20.6. The molecular weight excluding hydrogens is 390 g/mol. The van der Waals surface area contributed by atoms with E-state index in [0.717, 1.165) is 0 Å². The highest BCUT2D eigenvalue weighted by Gasteiger charge is 2.15. The molecule has 0 fully saturated rings. The van der Waals surface area contributed by atoms with E-state index < -0.39 is 12.5 Å². The van der Waals surface area contributed by atoms with E-state index in [-0.39, 0.29) is 16.9 Å². The number of hydrogen-bond donors (Lipinski definition) is 1. The van der Waals surface area contributed by atoms with Gasteiger partial charge in [0.15, 0.2) is 5.75 Å². The molecule has 0 aliphatic carbocycles. The molecule has 0 unspecified atom stereocenters. The van der Waals surface area contributed by atoms with Crippen molar-refractivity contribution in [2.24, 2.45) is 0 Å². The number of halogens is 2. The van der Waals surface area contributed by atoms with Crippen LogP contribution in [0.3, 0.4) is 0 Å². The van der Waals surface area contributed by atoms with Gasteiger partial charge < -0.3 is 14.8 Å². The Balaban J connectivity index is 1.84. The maximum Gasteiger partial charge on any atom is 0.387 e. The summed E-state index contributed by atoms with van der Waals surface area (Å²) in [5.74, 6) is 0.110. The highest BCUT2D eigenvalue weighted by molar-refractivity contribution is 6.10. The van der Waals surface area contributed by atoms with Crippen molar-refractivity contribution in [1.82, 2.24) is 0 Å². The molecule has 0 bridgehead atoms. The number of alkyl halides is 2. The number of carbonyl (C=O) groups is 1. The van der Waals surface area contributed by atoms with Crippen molar-refractivity contribution in [3.8, 4) is 23.3 Å². The zero-order valence-electron chi connectivity index (χ0n) is 15.6. The third-order valence-electron chi connectivity index (χ3n) is 3.91. The predicted molar refractivity (Wildman–Crippen MR) is 108 cm³/mol. The topological polar surface area (TPSA) is 71.3 Å². The van der Waals surface area contributed by atoms with Crippen LogP contribution in [0, 0.1) is 11.3 Å². The summed E-state index contributed by atoms with van der Waals surface area (Å²) in [5, 5.41) is 12.0. The number of carbonyl (C=O) groups excluding carboxylic acids is 1. The van der Waals surface area contributed by atoms with Crippen LogP contribution in [0.5, 0.6) is 17.2 Å². The first-order valence-corrected chi connectivity index (χ1v) is 8.85. The molecule has 30 heavy (non-hydrogen) atoms. The Labute approximate surface area is 171 Å². The van der Waals surface area contributed by atoms with Crippen molar-refractivity contribution >= 4 is 17.7 Å². The smallest absolute Gasteiger partial charge is 0.387 e. The number of hydrogen-bond acceptors (Lipinski definition) is 4. The number of anilines is 1. The minimum Gasteiger partial charge on any atom is -0.455 e. The third kappa shape index (κ3) is 5.42. The summed E-state index contributed by atoms with van der Waals surface area (Å²) in [6.45, 7) is -3.03. The summed E-state index contributed by atoms with van der Waals surface area (Å²) in [5.41, 5.74) is 0.248. The van der Waals surface area contributed by atoms with E-state index in [2.05, 4.69) is 10.1 Å². The van der Waals surface area contributed by atoms with Crippen LogP contribution in [0.15, 0.2) is 84.4 Å². The lowest BCUT2D eigenvalue weighted by Crippen LogP contribution is -2.14. The Kier molecular flexibility index (Phi) is 6.74. The summed E-state index contributed by atoms with van der Waals surface area (Å²) in [4.78, 5) is 12.6. The number of rotatable bonds is 7. The summed E-state index contributed by atoms with van der Waals surface area (Å²) >= 11 is 0. The van der Waals surface area contributed by atoms with E-state index in [0.29, 0.717) is 17.2 Å². The van der Waals surface area contributed by atoms with E-state index in [9.17, 15) is 18.8 Å².